The van der Waals surface area contributed by atoms with Crippen LogP contribution in [0.5, 0.6) is 11.5 Å². The van der Waals surface area contributed by atoms with E-state index in [9.17, 15) is 18.8 Å². The molecule has 1 fully saturated rings. The summed E-state index contributed by atoms with van der Waals surface area (Å²) in [6.45, 7) is 1.72. The summed E-state index contributed by atoms with van der Waals surface area (Å²) in [5.41, 5.74) is 1.61. The van der Waals surface area contributed by atoms with Gasteiger partial charge in [-0.15, -0.1) is 0 Å². The number of aryl methyl sites for hydroxylation is 1. The van der Waals surface area contributed by atoms with Gasteiger partial charge in [0.25, 0.3) is 11.8 Å². The van der Waals surface area contributed by atoms with Crippen LogP contribution in [-0.4, -0.2) is 25.0 Å². The Morgan fingerprint density at radius 2 is 1.81 bits per heavy atom. The Bertz CT molecular complexity index is 1420. The molecule has 1 aliphatic heterocycles. The Morgan fingerprint density at radius 3 is 2.50 bits per heavy atom. The molecule has 3 aromatic rings. The number of hydrogen-bond donors (Lipinski definition) is 1. The van der Waals surface area contributed by atoms with E-state index in [1.165, 1.54) is 19.3 Å². The van der Waals surface area contributed by atoms with Crippen LogP contribution in [0.25, 0.3) is 6.08 Å². The van der Waals surface area contributed by atoms with Gasteiger partial charge < -0.3 is 9.47 Å². The number of rotatable bonds is 6. The number of benzene rings is 3. The summed E-state index contributed by atoms with van der Waals surface area (Å²) in [5, 5.41) is 2.21. The molecule has 1 N–H and O–H groups in total. The molecular weight excluding hydrogens is 599 g/mol. The Balaban J connectivity index is 1.66. The minimum absolute atomic E-state index is 0.0351. The number of nitrogens with one attached hydrogen (secondary N) is 1. The van der Waals surface area contributed by atoms with Crippen LogP contribution in [0.4, 0.5) is 14.9 Å². The lowest BCUT2D eigenvalue weighted by Crippen LogP contribution is -2.54. The summed E-state index contributed by atoms with van der Waals surface area (Å²) >= 11 is 6.77. The van der Waals surface area contributed by atoms with E-state index in [2.05, 4.69) is 37.2 Å². The maximum atomic E-state index is 14.0. The molecule has 10 heteroatoms. The van der Waals surface area contributed by atoms with Crippen molar-refractivity contribution in [1.82, 2.24) is 5.32 Å². The molecule has 0 saturated carbocycles. The molecule has 36 heavy (non-hydrogen) atoms. The Morgan fingerprint density at radius 1 is 1.06 bits per heavy atom. The lowest BCUT2D eigenvalue weighted by molar-refractivity contribution is -0.122. The van der Waals surface area contributed by atoms with Crippen LogP contribution < -0.4 is 19.7 Å². The molecule has 1 heterocycles. The first-order valence-corrected chi connectivity index (χ1v) is 12.2. The second kappa shape index (κ2) is 10.6. The molecule has 0 radical (unpaired) electrons. The summed E-state index contributed by atoms with van der Waals surface area (Å²) in [6.07, 6.45) is 1.36. The summed E-state index contributed by atoms with van der Waals surface area (Å²) < 4.78 is 26.4. The number of barbiturate groups is 1. The van der Waals surface area contributed by atoms with E-state index < -0.39 is 23.7 Å². The van der Waals surface area contributed by atoms with Crippen molar-refractivity contribution in [3.05, 3.63) is 91.6 Å². The molecule has 0 atom stereocenters. The molecule has 4 rings (SSSR count). The Labute approximate surface area is 223 Å². The van der Waals surface area contributed by atoms with Gasteiger partial charge in [0.2, 0.25) is 0 Å². The maximum absolute atomic E-state index is 14.0. The van der Waals surface area contributed by atoms with Crippen LogP contribution in [0.15, 0.2) is 69.1 Å². The second-order valence-electron chi connectivity index (χ2n) is 7.80. The lowest BCUT2D eigenvalue weighted by atomic mass is 10.1. The van der Waals surface area contributed by atoms with Gasteiger partial charge in [-0.25, -0.2) is 14.1 Å². The molecule has 7 nitrogen and oxygen atoms in total. The number of imide groups is 2. The van der Waals surface area contributed by atoms with Gasteiger partial charge in [0.05, 0.1) is 17.3 Å². The first-order chi connectivity index (χ1) is 17.2. The average molecular weight is 618 g/mol. The van der Waals surface area contributed by atoms with E-state index in [1.54, 1.807) is 55.5 Å². The van der Waals surface area contributed by atoms with Gasteiger partial charge in [-0.2, -0.15) is 0 Å². The number of halogens is 3. The van der Waals surface area contributed by atoms with Crippen LogP contribution in [0, 0.1) is 12.7 Å². The molecule has 184 valence electrons. The van der Waals surface area contributed by atoms with Gasteiger partial charge in [0.15, 0.2) is 11.5 Å². The van der Waals surface area contributed by atoms with Gasteiger partial charge in [-0.1, -0.05) is 34.1 Å². The molecule has 0 bridgehead atoms. The first-order valence-electron chi connectivity index (χ1n) is 10.6. The zero-order valence-electron chi connectivity index (χ0n) is 19.1. The molecular formula is C26H19Br2FN2O5. The summed E-state index contributed by atoms with van der Waals surface area (Å²) in [4.78, 5) is 39.3. The predicted molar refractivity (Wildman–Crippen MR) is 139 cm³/mol. The van der Waals surface area contributed by atoms with E-state index in [-0.39, 0.29) is 12.2 Å². The number of methoxy groups -OCH3 is 1. The third-order valence-electron chi connectivity index (χ3n) is 5.39. The van der Waals surface area contributed by atoms with Crippen molar-refractivity contribution in [2.24, 2.45) is 0 Å². The molecule has 1 saturated heterocycles. The molecule has 0 aromatic heterocycles. The molecule has 1 aliphatic rings. The fourth-order valence-electron chi connectivity index (χ4n) is 3.64. The van der Waals surface area contributed by atoms with Crippen LogP contribution in [0.2, 0.25) is 0 Å². The Hall–Kier alpha value is -3.50. The standard InChI is InChI=1S/C26H19Br2FN2O5/c1-14-9-17(27)7-8-21(14)31-25(33)18(24(32)30-26(31)34)10-15-11-19(28)23(22(12-15)35-2)36-13-16-5-3-4-6-20(16)29/h3-12H,13H2,1-2H3,(H,30,32,34)/b18-10-. The van der Waals surface area contributed by atoms with Crippen molar-refractivity contribution in [2.45, 2.75) is 13.5 Å². The topological polar surface area (TPSA) is 84.9 Å². The van der Waals surface area contributed by atoms with Crippen molar-refractivity contribution >= 4 is 61.5 Å². The number of anilines is 1. The number of carbonyl (C=O) groups excluding carboxylic acids is 3. The van der Waals surface area contributed by atoms with E-state index in [1.807, 2.05) is 0 Å². The fourth-order valence-corrected chi connectivity index (χ4v) is 4.69. The van der Waals surface area contributed by atoms with E-state index in [0.717, 1.165) is 9.37 Å². The second-order valence-corrected chi connectivity index (χ2v) is 9.57. The predicted octanol–water partition coefficient (Wildman–Crippen LogP) is 5.91. The lowest BCUT2D eigenvalue weighted by Gasteiger charge is -2.27. The molecule has 0 unspecified atom stereocenters. The van der Waals surface area contributed by atoms with Gasteiger partial charge >= 0.3 is 6.03 Å². The van der Waals surface area contributed by atoms with E-state index >= 15 is 0 Å². The zero-order valence-corrected chi connectivity index (χ0v) is 22.3. The molecule has 0 spiro atoms. The summed E-state index contributed by atoms with van der Waals surface area (Å²) in [6, 6.07) is 13.7. The quantitative estimate of drug-likeness (QED) is 0.274. The van der Waals surface area contributed by atoms with Gasteiger partial charge in [-0.05, 0) is 76.5 Å². The fraction of sp³-hybridized carbons (Fsp3) is 0.115. The minimum atomic E-state index is -0.830. The number of ether oxygens (including phenoxy) is 2. The van der Waals surface area contributed by atoms with Crippen molar-refractivity contribution in [1.29, 1.82) is 0 Å². The van der Waals surface area contributed by atoms with Gasteiger partial charge in [0.1, 0.15) is 18.0 Å². The smallest absolute Gasteiger partial charge is 0.335 e. The highest BCUT2D eigenvalue weighted by Gasteiger charge is 2.37. The number of urea groups is 1. The van der Waals surface area contributed by atoms with E-state index in [4.69, 9.17) is 9.47 Å². The minimum Gasteiger partial charge on any atom is -0.493 e. The van der Waals surface area contributed by atoms with Gasteiger partial charge in [-0.3, -0.25) is 14.9 Å². The van der Waals surface area contributed by atoms with Gasteiger partial charge in [0, 0.05) is 10.0 Å². The van der Waals surface area contributed by atoms with Crippen LogP contribution in [-0.2, 0) is 16.2 Å². The highest BCUT2D eigenvalue weighted by molar-refractivity contribution is 9.10. The first kappa shape index (κ1) is 25.6. The molecule has 3 aromatic carbocycles. The average Bonchev–Trinajstić information content (AvgIpc) is 2.83. The number of nitrogens with zero attached hydrogens (tertiary/aromatic N) is 1. The third-order valence-corrected chi connectivity index (χ3v) is 6.48. The maximum Gasteiger partial charge on any atom is 0.335 e. The van der Waals surface area contributed by atoms with Crippen molar-refractivity contribution in [3.63, 3.8) is 0 Å². The van der Waals surface area contributed by atoms with E-state index in [0.29, 0.717) is 38.3 Å². The highest BCUT2D eigenvalue weighted by Crippen LogP contribution is 2.38. The van der Waals surface area contributed by atoms with Crippen molar-refractivity contribution in [2.75, 3.05) is 12.0 Å². The number of hydrogen-bond acceptors (Lipinski definition) is 5. The highest BCUT2D eigenvalue weighted by atomic mass is 79.9. The zero-order chi connectivity index (χ0) is 26.0. The van der Waals surface area contributed by atoms with Crippen LogP contribution >= 0.6 is 31.9 Å². The largest absolute Gasteiger partial charge is 0.493 e. The van der Waals surface area contributed by atoms with Crippen molar-refractivity contribution in [3.8, 4) is 11.5 Å². The summed E-state index contributed by atoms with van der Waals surface area (Å²) in [7, 11) is 1.43. The van der Waals surface area contributed by atoms with Crippen LogP contribution in [0.3, 0.4) is 0 Å². The monoisotopic (exact) mass is 616 g/mol. The SMILES string of the molecule is COc1cc(/C=C2/C(=O)NC(=O)N(c3ccc(Br)cc3C)C2=O)cc(Br)c1OCc1ccccc1F. The summed E-state index contributed by atoms with van der Waals surface area (Å²) in [5.74, 6) is -1.34. The van der Waals surface area contributed by atoms with Crippen molar-refractivity contribution < 1.29 is 28.2 Å². The Kier molecular flexibility index (Phi) is 7.56. The normalized spacial score (nSPS) is 14.8. The van der Waals surface area contributed by atoms with Crippen LogP contribution in [0.1, 0.15) is 16.7 Å². The third kappa shape index (κ3) is 5.19. The molecule has 4 amide bonds. The molecule has 0 aliphatic carbocycles. The number of amides is 4. The number of carbonyl (C=O) groups is 3.